The van der Waals surface area contributed by atoms with E-state index in [9.17, 15) is 4.39 Å². The normalized spacial score (nSPS) is 10.4. The molecule has 0 saturated carbocycles. The second kappa shape index (κ2) is 6.34. The van der Waals surface area contributed by atoms with Crippen LogP contribution in [0.2, 0.25) is 0 Å². The van der Waals surface area contributed by atoms with Gasteiger partial charge in [0, 0.05) is 10.9 Å². The second-order valence-electron chi connectivity index (χ2n) is 3.78. The van der Waals surface area contributed by atoms with Crippen molar-refractivity contribution in [1.82, 2.24) is 0 Å². The first kappa shape index (κ1) is 13.6. The lowest BCUT2D eigenvalue weighted by atomic mass is 10.2. The molecule has 0 spiro atoms. The van der Waals surface area contributed by atoms with Gasteiger partial charge in [0.2, 0.25) is 0 Å². The lowest BCUT2D eigenvalue weighted by Crippen LogP contribution is -1.98. The van der Waals surface area contributed by atoms with Gasteiger partial charge in [0.1, 0.15) is 18.2 Å². The van der Waals surface area contributed by atoms with Gasteiger partial charge in [0.15, 0.2) is 0 Å². The summed E-state index contributed by atoms with van der Waals surface area (Å²) in [5, 5.41) is 0.727. The lowest BCUT2D eigenvalue weighted by Gasteiger charge is -2.12. The van der Waals surface area contributed by atoms with Crippen LogP contribution >= 0.6 is 31.9 Å². The molecule has 0 bridgehead atoms. The third kappa shape index (κ3) is 3.33. The Labute approximate surface area is 122 Å². The van der Waals surface area contributed by atoms with E-state index in [2.05, 4.69) is 31.9 Å². The van der Waals surface area contributed by atoms with Crippen LogP contribution in [-0.2, 0) is 11.9 Å². The van der Waals surface area contributed by atoms with E-state index in [1.807, 2.05) is 18.2 Å². The van der Waals surface area contributed by atoms with Crippen LogP contribution in [-0.4, -0.2) is 0 Å². The maximum atomic E-state index is 12.8. The summed E-state index contributed by atoms with van der Waals surface area (Å²) in [6, 6.07) is 12.2. The Bertz CT molecular complexity index is 526. The van der Waals surface area contributed by atoms with Crippen LogP contribution < -0.4 is 4.74 Å². The van der Waals surface area contributed by atoms with E-state index in [-0.39, 0.29) is 5.82 Å². The van der Waals surface area contributed by atoms with Crippen LogP contribution in [0.5, 0.6) is 5.75 Å². The van der Waals surface area contributed by atoms with Crippen molar-refractivity contribution in [2.45, 2.75) is 11.9 Å². The van der Waals surface area contributed by atoms with Gasteiger partial charge in [-0.1, -0.05) is 40.2 Å². The summed E-state index contributed by atoms with van der Waals surface area (Å²) in [5.74, 6) is 0.583. The number of halogens is 3. The summed E-state index contributed by atoms with van der Waals surface area (Å²) < 4.78 is 19.5. The molecule has 2 aromatic rings. The monoisotopic (exact) mass is 372 g/mol. The standard InChI is InChI=1S/C14H11Br2FO/c15-8-11-2-1-3-13(16)14(11)18-9-10-4-6-12(17)7-5-10/h1-7H,8-9H2. The highest BCUT2D eigenvalue weighted by atomic mass is 79.9. The van der Waals surface area contributed by atoms with E-state index in [1.165, 1.54) is 12.1 Å². The molecule has 0 amide bonds. The Morgan fingerprint density at radius 2 is 1.78 bits per heavy atom. The van der Waals surface area contributed by atoms with Crippen molar-refractivity contribution >= 4 is 31.9 Å². The van der Waals surface area contributed by atoms with Crippen molar-refractivity contribution in [2.24, 2.45) is 0 Å². The molecule has 4 heteroatoms. The number of alkyl halides is 1. The minimum Gasteiger partial charge on any atom is -0.487 e. The molecule has 0 atom stereocenters. The molecule has 18 heavy (non-hydrogen) atoms. The summed E-state index contributed by atoms with van der Waals surface area (Å²) in [7, 11) is 0. The third-order valence-electron chi connectivity index (χ3n) is 2.49. The number of para-hydroxylation sites is 1. The molecule has 0 radical (unpaired) electrons. The molecule has 1 nitrogen and oxygen atoms in total. The van der Waals surface area contributed by atoms with Gasteiger partial charge in [-0.2, -0.15) is 0 Å². The number of benzene rings is 2. The topological polar surface area (TPSA) is 9.23 Å². The highest BCUT2D eigenvalue weighted by Gasteiger charge is 2.07. The third-order valence-corrected chi connectivity index (χ3v) is 3.72. The number of hydrogen-bond donors (Lipinski definition) is 0. The molecule has 2 rings (SSSR count). The van der Waals surface area contributed by atoms with Crippen LogP contribution in [0.4, 0.5) is 4.39 Å². The summed E-state index contributed by atoms with van der Waals surface area (Å²) in [6.07, 6.45) is 0. The van der Waals surface area contributed by atoms with Gasteiger partial charge in [-0.15, -0.1) is 0 Å². The van der Waals surface area contributed by atoms with E-state index in [0.717, 1.165) is 26.7 Å². The minimum absolute atomic E-state index is 0.235. The van der Waals surface area contributed by atoms with Crippen LogP contribution in [0, 0.1) is 5.82 Å². The molecule has 0 fully saturated rings. The highest BCUT2D eigenvalue weighted by molar-refractivity contribution is 9.10. The fraction of sp³-hybridized carbons (Fsp3) is 0.143. The van der Waals surface area contributed by atoms with Crippen molar-refractivity contribution in [2.75, 3.05) is 0 Å². The maximum absolute atomic E-state index is 12.8. The van der Waals surface area contributed by atoms with E-state index < -0.39 is 0 Å². The van der Waals surface area contributed by atoms with E-state index in [4.69, 9.17) is 4.74 Å². The van der Waals surface area contributed by atoms with E-state index in [1.54, 1.807) is 12.1 Å². The summed E-state index contributed by atoms with van der Waals surface area (Å²) in [5.41, 5.74) is 2.01. The smallest absolute Gasteiger partial charge is 0.138 e. The van der Waals surface area contributed by atoms with Gasteiger partial charge < -0.3 is 4.74 Å². The summed E-state index contributed by atoms with van der Waals surface area (Å²) in [4.78, 5) is 0. The van der Waals surface area contributed by atoms with Crippen LogP contribution in [0.1, 0.15) is 11.1 Å². The molecular formula is C14H11Br2FO. The van der Waals surface area contributed by atoms with Gasteiger partial charge in [0.25, 0.3) is 0 Å². The quantitative estimate of drug-likeness (QED) is 0.680. The molecular weight excluding hydrogens is 363 g/mol. The van der Waals surface area contributed by atoms with Crippen molar-refractivity contribution in [1.29, 1.82) is 0 Å². The Morgan fingerprint density at radius 1 is 1.06 bits per heavy atom. The molecule has 0 aromatic heterocycles. The highest BCUT2D eigenvalue weighted by Crippen LogP contribution is 2.31. The van der Waals surface area contributed by atoms with Crippen LogP contribution in [0.3, 0.4) is 0 Å². The van der Waals surface area contributed by atoms with Crippen molar-refractivity contribution in [3.05, 3.63) is 63.9 Å². The molecule has 0 saturated heterocycles. The summed E-state index contributed by atoms with van der Waals surface area (Å²) >= 11 is 6.90. The zero-order valence-corrected chi connectivity index (χ0v) is 12.7. The van der Waals surface area contributed by atoms with Gasteiger partial charge >= 0.3 is 0 Å². The first-order valence-corrected chi connectivity index (χ1v) is 7.32. The zero-order chi connectivity index (χ0) is 13.0. The zero-order valence-electron chi connectivity index (χ0n) is 9.50. The largest absolute Gasteiger partial charge is 0.487 e. The van der Waals surface area contributed by atoms with Gasteiger partial charge in [0.05, 0.1) is 4.47 Å². The molecule has 0 aliphatic carbocycles. The van der Waals surface area contributed by atoms with Crippen LogP contribution in [0.25, 0.3) is 0 Å². The molecule has 0 unspecified atom stereocenters. The predicted molar refractivity (Wildman–Crippen MR) is 77.5 cm³/mol. The average molecular weight is 374 g/mol. The minimum atomic E-state index is -0.235. The molecule has 2 aromatic carbocycles. The van der Waals surface area contributed by atoms with Crippen molar-refractivity contribution in [3.8, 4) is 5.75 Å². The SMILES string of the molecule is Fc1ccc(COc2c(Br)cccc2CBr)cc1. The first-order chi connectivity index (χ1) is 8.70. The van der Waals surface area contributed by atoms with Gasteiger partial charge in [-0.05, 0) is 39.7 Å². The van der Waals surface area contributed by atoms with Gasteiger partial charge in [-0.25, -0.2) is 4.39 Å². The molecule has 0 aliphatic rings. The Hall–Kier alpha value is -0.870. The fourth-order valence-corrected chi connectivity index (χ4v) is 2.52. The maximum Gasteiger partial charge on any atom is 0.138 e. The van der Waals surface area contributed by atoms with Crippen molar-refractivity contribution < 1.29 is 9.13 Å². The fourth-order valence-electron chi connectivity index (χ4n) is 1.56. The van der Waals surface area contributed by atoms with Crippen LogP contribution in [0.15, 0.2) is 46.9 Å². The van der Waals surface area contributed by atoms with Gasteiger partial charge in [-0.3, -0.25) is 0 Å². The Kier molecular flexibility index (Phi) is 4.78. The molecule has 0 aliphatic heterocycles. The number of hydrogen-bond acceptors (Lipinski definition) is 1. The molecule has 0 N–H and O–H groups in total. The Balaban J connectivity index is 2.12. The average Bonchev–Trinajstić information content (AvgIpc) is 2.39. The predicted octanol–water partition coefficient (Wildman–Crippen LogP) is 5.06. The first-order valence-electron chi connectivity index (χ1n) is 5.41. The molecule has 94 valence electrons. The lowest BCUT2D eigenvalue weighted by molar-refractivity contribution is 0.302. The summed E-state index contributed by atoms with van der Waals surface area (Å²) in [6.45, 7) is 0.420. The second-order valence-corrected chi connectivity index (χ2v) is 5.19. The molecule has 0 heterocycles. The number of rotatable bonds is 4. The van der Waals surface area contributed by atoms with E-state index in [0.29, 0.717) is 6.61 Å². The van der Waals surface area contributed by atoms with Crippen molar-refractivity contribution in [3.63, 3.8) is 0 Å². The number of ether oxygens (including phenoxy) is 1. The van der Waals surface area contributed by atoms with E-state index >= 15 is 0 Å². The Morgan fingerprint density at radius 3 is 2.44 bits per heavy atom.